The van der Waals surface area contributed by atoms with E-state index in [1.807, 2.05) is 30.3 Å². The molecule has 0 unspecified atom stereocenters. The van der Waals surface area contributed by atoms with Crippen molar-refractivity contribution in [1.29, 1.82) is 0 Å². The van der Waals surface area contributed by atoms with Gasteiger partial charge in [-0.2, -0.15) is 4.52 Å². The fourth-order valence-electron chi connectivity index (χ4n) is 3.82. The predicted molar refractivity (Wildman–Crippen MR) is 112 cm³/mol. The molecule has 1 aliphatic rings. The van der Waals surface area contributed by atoms with Crippen molar-refractivity contribution < 1.29 is 4.39 Å². The molecule has 0 atom stereocenters. The van der Waals surface area contributed by atoms with Crippen LogP contribution < -0.4 is 5.32 Å². The van der Waals surface area contributed by atoms with E-state index in [1.165, 1.54) is 24.4 Å². The number of aromatic nitrogens is 6. The Labute approximate surface area is 171 Å². The zero-order valence-corrected chi connectivity index (χ0v) is 16.0. The van der Waals surface area contributed by atoms with E-state index in [2.05, 4.69) is 31.2 Å². The van der Waals surface area contributed by atoms with E-state index in [0.29, 0.717) is 35.4 Å². The molecule has 0 bridgehead atoms. The van der Waals surface area contributed by atoms with Crippen LogP contribution in [-0.2, 0) is 6.54 Å². The Morgan fingerprint density at radius 2 is 1.80 bits per heavy atom. The van der Waals surface area contributed by atoms with Crippen LogP contribution in [0.15, 0.2) is 60.7 Å². The Bertz CT molecular complexity index is 1380. The summed E-state index contributed by atoms with van der Waals surface area (Å²) in [5, 5.41) is 16.2. The molecule has 3 heterocycles. The van der Waals surface area contributed by atoms with E-state index in [9.17, 15) is 4.39 Å². The molecule has 8 heteroatoms. The maximum absolute atomic E-state index is 14.2. The minimum absolute atomic E-state index is 0.356. The van der Waals surface area contributed by atoms with Gasteiger partial charge in [0.05, 0.1) is 23.1 Å². The lowest BCUT2D eigenvalue weighted by atomic mass is 10.2. The molecule has 0 radical (unpaired) electrons. The summed E-state index contributed by atoms with van der Waals surface area (Å²) >= 11 is 0. The molecule has 0 saturated heterocycles. The average Bonchev–Trinajstić information content (AvgIpc) is 3.41. The van der Waals surface area contributed by atoms with Crippen molar-refractivity contribution in [2.75, 3.05) is 5.32 Å². The molecule has 6 rings (SSSR count). The summed E-state index contributed by atoms with van der Waals surface area (Å²) in [6.07, 6.45) is 2.37. The zero-order valence-electron chi connectivity index (χ0n) is 16.0. The summed E-state index contributed by atoms with van der Waals surface area (Å²) in [5.41, 5.74) is 3.10. The highest BCUT2D eigenvalue weighted by Crippen LogP contribution is 2.38. The van der Waals surface area contributed by atoms with E-state index < -0.39 is 0 Å². The lowest BCUT2D eigenvalue weighted by Gasteiger charge is -2.09. The Morgan fingerprint density at radius 1 is 0.967 bits per heavy atom. The first-order chi connectivity index (χ1) is 14.8. The van der Waals surface area contributed by atoms with Crippen molar-refractivity contribution in [3.05, 3.63) is 72.3 Å². The highest BCUT2D eigenvalue weighted by atomic mass is 19.1. The number of imidazole rings is 1. The number of anilines is 1. The van der Waals surface area contributed by atoms with Gasteiger partial charge in [-0.25, -0.2) is 9.37 Å². The summed E-state index contributed by atoms with van der Waals surface area (Å²) in [6, 6.07) is 18.9. The molecule has 3 aromatic heterocycles. The molecule has 7 nitrogen and oxygen atoms in total. The smallest absolute Gasteiger partial charge is 0.188 e. The minimum Gasteiger partial charge on any atom is -0.361 e. The number of nitrogens with one attached hydrogen (secondary N) is 1. The van der Waals surface area contributed by atoms with Crippen molar-refractivity contribution in [3.8, 4) is 11.4 Å². The van der Waals surface area contributed by atoms with Crippen molar-refractivity contribution in [2.24, 2.45) is 0 Å². The molecule has 1 N–H and O–H groups in total. The van der Waals surface area contributed by atoms with Crippen molar-refractivity contribution in [2.45, 2.75) is 25.4 Å². The maximum Gasteiger partial charge on any atom is 0.188 e. The second kappa shape index (κ2) is 6.62. The fourth-order valence-corrected chi connectivity index (χ4v) is 3.82. The van der Waals surface area contributed by atoms with Gasteiger partial charge < -0.3 is 9.88 Å². The van der Waals surface area contributed by atoms with E-state index in [-0.39, 0.29) is 5.82 Å². The van der Waals surface area contributed by atoms with Crippen LogP contribution in [0.3, 0.4) is 0 Å². The molecule has 0 amide bonds. The summed E-state index contributed by atoms with van der Waals surface area (Å²) in [5.74, 6) is 1.65. The summed E-state index contributed by atoms with van der Waals surface area (Å²) in [7, 11) is 0. The van der Waals surface area contributed by atoms with Crippen LogP contribution in [0.4, 0.5) is 10.2 Å². The predicted octanol–water partition coefficient (Wildman–Crippen LogP) is 4.23. The molecule has 2 aromatic carbocycles. The first kappa shape index (κ1) is 17.1. The third-order valence-electron chi connectivity index (χ3n) is 5.39. The largest absolute Gasteiger partial charge is 0.361 e. The SMILES string of the molecule is Fc1ccccc1-c1nnc2ccc(NCc3nc4ccccc4n3C3CC3)nn12. The third kappa shape index (κ3) is 2.80. The molecule has 1 fully saturated rings. The topological polar surface area (TPSA) is 72.9 Å². The number of fused-ring (bicyclic) bond motifs is 2. The molecular weight excluding hydrogens is 381 g/mol. The van der Waals surface area contributed by atoms with Gasteiger partial charge in [0.15, 0.2) is 11.5 Å². The standard InChI is InChI=1S/C22H18FN7/c23-16-6-2-1-5-15(16)22-27-26-20-12-11-19(28-30(20)22)24-13-21-25-17-7-3-4-8-18(17)29(21)14-9-10-14/h1-8,11-12,14H,9-10,13H2,(H,24,28). The average molecular weight is 399 g/mol. The van der Waals surface area contributed by atoms with Crippen LogP contribution >= 0.6 is 0 Å². The van der Waals surface area contributed by atoms with Gasteiger partial charge in [0, 0.05) is 6.04 Å². The highest BCUT2D eigenvalue weighted by Gasteiger charge is 2.28. The maximum atomic E-state index is 14.2. The molecule has 1 aliphatic carbocycles. The third-order valence-corrected chi connectivity index (χ3v) is 5.39. The van der Waals surface area contributed by atoms with Crippen molar-refractivity contribution >= 4 is 22.5 Å². The first-order valence-electron chi connectivity index (χ1n) is 9.95. The quantitative estimate of drug-likeness (QED) is 0.479. The van der Waals surface area contributed by atoms with Crippen molar-refractivity contribution in [3.63, 3.8) is 0 Å². The van der Waals surface area contributed by atoms with Gasteiger partial charge >= 0.3 is 0 Å². The number of rotatable bonds is 5. The minimum atomic E-state index is -0.356. The van der Waals surface area contributed by atoms with Gasteiger partial charge in [-0.05, 0) is 49.2 Å². The number of hydrogen-bond acceptors (Lipinski definition) is 5. The molecule has 5 aromatic rings. The molecule has 0 spiro atoms. The molecule has 30 heavy (non-hydrogen) atoms. The number of halogens is 1. The van der Waals surface area contributed by atoms with Gasteiger partial charge in [0.1, 0.15) is 17.5 Å². The molecule has 148 valence electrons. The van der Waals surface area contributed by atoms with Crippen LogP contribution in [0.5, 0.6) is 0 Å². The summed E-state index contributed by atoms with van der Waals surface area (Å²) < 4.78 is 18.1. The molecule has 1 saturated carbocycles. The van der Waals surface area contributed by atoms with E-state index in [4.69, 9.17) is 4.98 Å². The number of para-hydroxylation sites is 2. The van der Waals surface area contributed by atoms with Gasteiger partial charge in [-0.1, -0.05) is 24.3 Å². The lowest BCUT2D eigenvalue weighted by Crippen LogP contribution is -2.10. The van der Waals surface area contributed by atoms with Gasteiger partial charge in [0.2, 0.25) is 0 Å². The fraction of sp³-hybridized carbons (Fsp3) is 0.182. The number of hydrogen-bond donors (Lipinski definition) is 1. The van der Waals surface area contributed by atoms with Gasteiger partial charge in [-0.3, -0.25) is 0 Å². The summed E-state index contributed by atoms with van der Waals surface area (Å²) in [4.78, 5) is 4.81. The Hall–Kier alpha value is -3.81. The number of benzene rings is 2. The monoisotopic (exact) mass is 399 g/mol. The lowest BCUT2D eigenvalue weighted by molar-refractivity contribution is 0.629. The second-order valence-corrected chi connectivity index (χ2v) is 7.46. The van der Waals surface area contributed by atoms with Gasteiger partial charge in [-0.15, -0.1) is 15.3 Å². The van der Waals surface area contributed by atoms with Gasteiger partial charge in [0.25, 0.3) is 0 Å². The second-order valence-electron chi connectivity index (χ2n) is 7.46. The van der Waals surface area contributed by atoms with Crippen LogP contribution in [0, 0.1) is 5.82 Å². The van der Waals surface area contributed by atoms with Crippen LogP contribution in [0.25, 0.3) is 28.1 Å². The Balaban J connectivity index is 1.34. The van der Waals surface area contributed by atoms with E-state index in [1.54, 1.807) is 22.7 Å². The summed E-state index contributed by atoms with van der Waals surface area (Å²) in [6.45, 7) is 0.543. The zero-order chi connectivity index (χ0) is 20.1. The Kier molecular flexibility index (Phi) is 3.77. The van der Waals surface area contributed by atoms with E-state index >= 15 is 0 Å². The van der Waals surface area contributed by atoms with Crippen LogP contribution in [0.1, 0.15) is 24.7 Å². The molecular formula is C22H18FN7. The normalized spacial score (nSPS) is 13.9. The van der Waals surface area contributed by atoms with Crippen molar-refractivity contribution in [1.82, 2.24) is 29.4 Å². The highest BCUT2D eigenvalue weighted by molar-refractivity contribution is 5.76. The van der Waals surface area contributed by atoms with E-state index in [0.717, 1.165) is 11.3 Å². The Morgan fingerprint density at radius 3 is 2.67 bits per heavy atom. The van der Waals surface area contributed by atoms with Crippen LogP contribution in [-0.4, -0.2) is 29.4 Å². The number of nitrogens with zero attached hydrogens (tertiary/aromatic N) is 6. The first-order valence-corrected chi connectivity index (χ1v) is 9.95. The van der Waals surface area contributed by atoms with Crippen LogP contribution in [0.2, 0.25) is 0 Å². The molecule has 0 aliphatic heterocycles.